The Hall–Kier alpha value is -1.26. The van der Waals surface area contributed by atoms with Gasteiger partial charge in [-0.05, 0) is 81.9 Å². The van der Waals surface area contributed by atoms with E-state index in [1.165, 1.54) is 31.4 Å². The molecule has 1 amide bonds. The average molecular weight is 618 g/mol. The summed E-state index contributed by atoms with van der Waals surface area (Å²) in [5, 5.41) is 3.17. The summed E-state index contributed by atoms with van der Waals surface area (Å²) in [6.07, 6.45) is 5.72. The van der Waals surface area contributed by atoms with E-state index in [-0.39, 0.29) is 16.8 Å². The van der Waals surface area contributed by atoms with Crippen molar-refractivity contribution >= 4 is 53.6 Å². The highest BCUT2D eigenvalue weighted by molar-refractivity contribution is 9.11. The van der Waals surface area contributed by atoms with E-state index in [9.17, 15) is 13.2 Å². The van der Waals surface area contributed by atoms with Gasteiger partial charge in [0.1, 0.15) is 0 Å². The summed E-state index contributed by atoms with van der Waals surface area (Å²) in [5.74, 6) is 0.170. The van der Waals surface area contributed by atoms with E-state index in [2.05, 4.69) is 75.0 Å². The van der Waals surface area contributed by atoms with Crippen molar-refractivity contribution in [2.75, 3.05) is 18.4 Å². The number of nitrogens with zero attached hydrogens (tertiary/aromatic N) is 1. The summed E-state index contributed by atoms with van der Waals surface area (Å²) in [6, 6.07) is 8.90. The van der Waals surface area contributed by atoms with Gasteiger partial charge in [0.05, 0.1) is 10.9 Å². The number of para-hydroxylation sites is 1. The van der Waals surface area contributed by atoms with Gasteiger partial charge in [-0.25, -0.2) is 0 Å². The van der Waals surface area contributed by atoms with Gasteiger partial charge in [-0.3, -0.25) is 14.2 Å². The van der Waals surface area contributed by atoms with Crippen LogP contribution in [0.25, 0.3) is 0 Å². The quantitative estimate of drug-likeness (QED) is 0.354. The molecule has 188 valence electrons. The normalized spacial score (nSPS) is 16.5. The fraction of sp³-hybridized carbons (Fsp3) is 0.480. The summed E-state index contributed by atoms with van der Waals surface area (Å²) in [5.41, 5.74) is 4.15. The first-order valence-electron chi connectivity index (χ1n) is 11.5. The van der Waals surface area contributed by atoms with Gasteiger partial charge in [-0.2, -0.15) is 8.42 Å². The summed E-state index contributed by atoms with van der Waals surface area (Å²) in [7, 11) is -4.12. The van der Waals surface area contributed by atoms with Crippen LogP contribution in [0.3, 0.4) is 0 Å². The highest BCUT2D eigenvalue weighted by atomic mass is 79.9. The van der Waals surface area contributed by atoms with Crippen LogP contribution in [0.2, 0.25) is 0 Å². The minimum atomic E-state index is -4.12. The van der Waals surface area contributed by atoms with Gasteiger partial charge in [-0.1, -0.05) is 69.8 Å². The lowest BCUT2D eigenvalue weighted by Crippen LogP contribution is -2.47. The van der Waals surface area contributed by atoms with Crippen molar-refractivity contribution in [1.82, 2.24) is 4.90 Å². The number of anilines is 1. The monoisotopic (exact) mass is 616 g/mol. The SMILES string of the molecule is CCCCN1CCCCC1C(=O)Nc1c(C)cccc1C.Cc1c(Br)cc(S(=O)(=O)O)cc1Br. The average Bonchev–Trinajstić information content (AvgIpc) is 2.78. The maximum Gasteiger partial charge on any atom is 0.294 e. The topological polar surface area (TPSA) is 86.7 Å². The van der Waals surface area contributed by atoms with Crippen molar-refractivity contribution in [2.24, 2.45) is 0 Å². The lowest BCUT2D eigenvalue weighted by atomic mass is 10.00. The number of amides is 1. The molecule has 1 saturated heterocycles. The van der Waals surface area contributed by atoms with E-state index in [0.717, 1.165) is 48.3 Å². The lowest BCUT2D eigenvalue weighted by Gasteiger charge is -2.34. The van der Waals surface area contributed by atoms with Crippen LogP contribution >= 0.6 is 31.9 Å². The minimum Gasteiger partial charge on any atom is -0.324 e. The molecule has 1 fully saturated rings. The van der Waals surface area contributed by atoms with Crippen LogP contribution < -0.4 is 5.32 Å². The molecule has 0 saturated carbocycles. The molecule has 1 atom stereocenters. The molecule has 1 heterocycles. The third-order valence-corrected chi connectivity index (χ3v) is 8.48. The molecule has 3 rings (SSSR count). The van der Waals surface area contributed by atoms with Crippen LogP contribution in [0.1, 0.15) is 55.7 Å². The molecule has 2 N–H and O–H groups in total. The Morgan fingerprint density at radius 3 is 2.24 bits per heavy atom. The third kappa shape index (κ3) is 8.16. The molecule has 0 aromatic heterocycles. The summed E-state index contributed by atoms with van der Waals surface area (Å²) < 4.78 is 31.6. The van der Waals surface area contributed by atoms with Crippen molar-refractivity contribution in [3.8, 4) is 0 Å². The predicted octanol–water partition coefficient (Wildman–Crippen LogP) is 6.66. The second-order valence-corrected chi connectivity index (χ2v) is 11.8. The van der Waals surface area contributed by atoms with Crippen LogP contribution in [0.4, 0.5) is 5.69 Å². The van der Waals surface area contributed by atoms with Crippen LogP contribution in [-0.2, 0) is 14.9 Å². The molecule has 0 spiro atoms. The molecule has 2 aromatic carbocycles. The molecule has 6 nitrogen and oxygen atoms in total. The van der Waals surface area contributed by atoms with Gasteiger partial charge in [0.15, 0.2) is 0 Å². The first-order valence-corrected chi connectivity index (χ1v) is 14.5. The maximum absolute atomic E-state index is 12.7. The number of hydrogen-bond donors (Lipinski definition) is 2. The number of aryl methyl sites for hydroxylation is 2. The molecule has 9 heteroatoms. The van der Waals surface area contributed by atoms with E-state index in [1.807, 2.05) is 13.0 Å². The highest BCUT2D eigenvalue weighted by Crippen LogP contribution is 2.28. The molecule has 0 aliphatic carbocycles. The van der Waals surface area contributed by atoms with Crippen molar-refractivity contribution in [2.45, 2.75) is 70.7 Å². The Bertz CT molecular complexity index is 1060. The zero-order valence-corrected chi connectivity index (χ0v) is 24.2. The maximum atomic E-state index is 12.7. The Morgan fingerprint density at radius 2 is 1.71 bits per heavy atom. The van der Waals surface area contributed by atoms with Crippen molar-refractivity contribution in [3.05, 3.63) is 56.0 Å². The van der Waals surface area contributed by atoms with E-state index in [0.29, 0.717) is 8.95 Å². The number of halogens is 2. The molecule has 0 bridgehead atoms. The standard InChI is InChI=1S/C18H28N2O.C7H6Br2O3S/c1-4-5-12-20-13-7-6-11-16(20)18(21)19-17-14(2)9-8-10-15(17)3;1-4-6(8)2-5(3-7(4)9)13(10,11)12/h8-10,16H,4-7,11-13H2,1-3H3,(H,19,21);2-3H,1H3,(H,10,11,12). The van der Waals surface area contributed by atoms with E-state index in [4.69, 9.17) is 4.55 Å². The molecular weight excluding hydrogens is 584 g/mol. The van der Waals surface area contributed by atoms with Crippen LogP contribution in [0.15, 0.2) is 44.2 Å². The number of unbranched alkanes of at least 4 members (excludes halogenated alkanes) is 1. The fourth-order valence-electron chi connectivity index (χ4n) is 3.91. The van der Waals surface area contributed by atoms with Crippen LogP contribution in [0, 0.1) is 20.8 Å². The molecule has 1 unspecified atom stereocenters. The van der Waals surface area contributed by atoms with Crippen molar-refractivity contribution in [3.63, 3.8) is 0 Å². The Balaban J connectivity index is 0.000000270. The summed E-state index contributed by atoms with van der Waals surface area (Å²) in [6.45, 7) is 10.2. The second kappa shape index (κ2) is 13.2. The van der Waals surface area contributed by atoms with E-state index < -0.39 is 10.1 Å². The summed E-state index contributed by atoms with van der Waals surface area (Å²) >= 11 is 6.37. The number of carbonyl (C=O) groups excluding carboxylic acids is 1. The Morgan fingerprint density at radius 1 is 1.12 bits per heavy atom. The molecule has 1 aliphatic heterocycles. The number of piperidine rings is 1. The second-order valence-electron chi connectivity index (χ2n) is 8.64. The largest absolute Gasteiger partial charge is 0.324 e. The predicted molar refractivity (Wildman–Crippen MR) is 145 cm³/mol. The lowest BCUT2D eigenvalue weighted by molar-refractivity contribution is -0.122. The summed E-state index contributed by atoms with van der Waals surface area (Å²) in [4.78, 5) is 14.9. The molecule has 1 aliphatic rings. The zero-order chi connectivity index (χ0) is 25.5. The molecule has 34 heavy (non-hydrogen) atoms. The first-order chi connectivity index (χ1) is 16.0. The number of carbonyl (C=O) groups is 1. The molecular formula is C25H34Br2N2O4S. The number of nitrogens with one attached hydrogen (secondary N) is 1. The van der Waals surface area contributed by atoms with Crippen LogP contribution in [-0.4, -0.2) is 42.9 Å². The van der Waals surface area contributed by atoms with Gasteiger partial charge in [0.25, 0.3) is 10.1 Å². The van der Waals surface area contributed by atoms with E-state index in [1.54, 1.807) is 0 Å². The number of rotatable bonds is 6. The zero-order valence-electron chi connectivity index (χ0n) is 20.2. The Labute approximate surface area is 220 Å². The molecule has 2 aromatic rings. The minimum absolute atomic E-state index is 0.0457. The Kier molecular flexibility index (Phi) is 11.2. The van der Waals surface area contributed by atoms with Gasteiger partial charge >= 0.3 is 0 Å². The van der Waals surface area contributed by atoms with Gasteiger partial charge in [0, 0.05) is 14.6 Å². The van der Waals surface area contributed by atoms with Crippen molar-refractivity contribution in [1.29, 1.82) is 0 Å². The van der Waals surface area contributed by atoms with Gasteiger partial charge in [0.2, 0.25) is 5.91 Å². The first kappa shape index (κ1) is 29.0. The van der Waals surface area contributed by atoms with Crippen molar-refractivity contribution < 1.29 is 17.8 Å². The number of likely N-dealkylation sites (tertiary alicyclic amines) is 1. The smallest absolute Gasteiger partial charge is 0.294 e. The number of hydrogen-bond acceptors (Lipinski definition) is 4. The highest BCUT2D eigenvalue weighted by Gasteiger charge is 2.28. The van der Waals surface area contributed by atoms with Gasteiger partial charge < -0.3 is 5.32 Å². The molecule has 0 radical (unpaired) electrons. The van der Waals surface area contributed by atoms with E-state index >= 15 is 0 Å². The number of benzene rings is 2. The van der Waals surface area contributed by atoms with Crippen LogP contribution in [0.5, 0.6) is 0 Å². The fourth-order valence-corrected chi connectivity index (χ4v) is 5.93. The van der Waals surface area contributed by atoms with Gasteiger partial charge in [-0.15, -0.1) is 0 Å². The third-order valence-electron chi connectivity index (χ3n) is 6.00.